The molecule has 24 heavy (non-hydrogen) atoms. The smallest absolute Gasteiger partial charge is 0.129 e. The highest BCUT2D eigenvalue weighted by Crippen LogP contribution is 2.54. The van der Waals surface area contributed by atoms with E-state index in [9.17, 15) is 9.11 Å². The Morgan fingerprint density at radius 1 is 1.17 bits per heavy atom. The Morgan fingerprint density at radius 3 is 2.71 bits per heavy atom. The van der Waals surface area contributed by atoms with E-state index in [2.05, 4.69) is 15.7 Å². The summed E-state index contributed by atoms with van der Waals surface area (Å²) in [4.78, 5) is 2.61. The van der Waals surface area contributed by atoms with Gasteiger partial charge in [-0.05, 0) is 43.2 Å². The number of nitrogens with one attached hydrogen (secondary N) is 1. The molecule has 0 amide bonds. The third-order valence-electron chi connectivity index (χ3n) is 4.17. The first-order valence-corrected chi connectivity index (χ1v) is 9.23. The number of nitriles is 1. The Hall–Kier alpha value is -2.24. The van der Waals surface area contributed by atoms with Gasteiger partial charge in [0.05, 0.1) is 24.0 Å². The van der Waals surface area contributed by atoms with Gasteiger partial charge in [0.1, 0.15) is 16.4 Å². The van der Waals surface area contributed by atoms with Gasteiger partial charge in [-0.2, -0.15) is 9.98 Å². The number of benzene rings is 2. The summed E-state index contributed by atoms with van der Waals surface area (Å²) in [7, 11) is -3.03. The molecule has 0 unspecified atom stereocenters. The largest absolute Gasteiger partial charge is 0.457 e. The molecule has 0 aromatic heterocycles. The Kier molecular flexibility index (Phi) is 3.62. The monoisotopic (exact) mass is 343 g/mol. The molecule has 2 aliphatic rings. The molecule has 0 bridgehead atoms. The normalized spacial score (nSPS) is 20.0. The molecule has 1 heterocycles. The van der Waals surface area contributed by atoms with E-state index in [1.54, 1.807) is 30.3 Å². The van der Waals surface area contributed by atoms with Gasteiger partial charge in [-0.25, -0.2) is 0 Å². The highest BCUT2D eigenvalue weighted by atomic mass is 32.3. The molecule has 0 spiro atoms. The summed E-state index contributed by atoms with van der Waals surface area (Å²) in [5.74, 6) is 1.04. The lowest BCUT2D eigenvalue weighted by atomic mass is 10.2. The quantitative estimate of drug-likeness (QED) is 0.783. The lowest BCUT2D eigenvalue weighted by Crippen LogP contribution is -2.42. The van der Waals surface area contributed by atoms with E-state index in [0.29, 0.717) is 34.7 Å². The van der Waals surface area contributed by atoms with Crippen molar-refractivity contribution in [1.82, 2.24) is 4.72 Å². The summed E-state index contributed by atoms with van der Waals surface area (Å²) in [6.45, 7) is 0.435. The predicted molar refractivity (Wildman–Crippen MR) is 92.3 cm³/mol. The van der Waals surface area contributed by atoms with E-state index < -0.39 is 10.8 Å². The van der Waals surface area contributed by atoms with Crippen molar-refractivity contribution < 1.29 is 13.8 Å². The van der Waals surface area contributed by atoms with Crippen LogP contribution in [0.5, 0.6) is 11.5 Å². The van der Waals surface area contributed by atoms with Crippen LogP contribution in [-0.4, -0.2) is 21.8 Å². The predicted octanol–water partition coefficient (Wildman–Crippen LogP) is 3.90. The van der Waals surface area contributed by atoms with Gasteiger partial charge in [-0.1, -0.05) is 6.07 Å². The minimum atomic E-state index is -3.03. The zero-order chi connectivity index (χ0) is 16.7. The number of fused-ring (bicyclic) bond motifs is 1. The fourth-order valence-electron chi connectivity index (χ4n) is 2.82. The Bertz CT molecular complexity index is 830. The molecule has 124 valence electrons. The summed E-state index contributed by atoms with van der Waals surface area (Å²) < 4.78 is 29.2. The van der Waals surface area contributed by atoms with Crippen LogP contribution in [0.25, 0.3) is 0 Å². The molecule has 0 atom stereocenters. The first kappa shape index (κ1) is 15.3. The van der Waals surface area contributed by atoms with E-state index in [4.69, 9.17) is 10.00 Å². The first-order chi connectivity index (χ1) is 11.6. The molecule has 4 rings (SSSR count). The van der Waals surface area contributed by atoms with E-state index in [1.165, 1.54) is 0 Å². The molecule has 6 nitrogen and oxygen atoms in total. The maximum atomic E-state index is 10.3. The van der Waals surface area contributed by atoms with Gasteiger partial charge in [0.25, 0.3) is 0 Å². The van der Waals surface area contributed by atoms with Crippen LogP contribution in [0.3, 0.4) is 0 Å². The average Bonchev–Trinajstić information content (AvgIpc) is 3.40. The van der Waals surface area contributed by atoms with Crippen molar-refractivity contribution in [3.05, 3.63) is 48.0 Å². The number of hydrogen-bond donors (Lipinski definition) is 3. The summed E-state index contributed by atoms with van der Waals surface area (Å²) in [5, 5.41) is 8.96. The van der Waals surface area contributed by atoms with Gasteiger partial charge < -0.3 is 9.64 Å². The molecule has 2 aromatic rings. The molecule has 0 saturated heterocycles. The van der Waals surface area contributed by atoms with Crippen LogP contribution in [0.4, 0.5) is 5.69 Å². The van der Waals surface area contributed by atoms with E-state index in [-0.39, 0.29) is 0 Å². The van der Waals surface area contributed by atoms with Crippen LogP contribution in [0.1, 0.15) is 18.4 Å². The van der Waals surface area contributed by atoms with E-state index in [0.717, 1.165) is 18.5 Å². The third kappa shape index (κ3) is 2.81. The van der Waals surface area contributed by atoms with Crippen LogP contribution in [-0.2, 0) is 0 Å². The molecule has 1 saturated carbocycles. The van der Waals surface area contributed by atoms with Crippen molar-refractivity contribution in [2.24, 2.45) is 0 Å². The van der Waals surface area contributed by atoms with Crippen LogP contribution >= 0.6 is 10.8 Å². The minimum Gasteiger partial charge on any atom is -0.457 e. The highest BCUT2D eigenvalue weighted by Gasteiger charge is 2.37. The fourth-order valence-corrected chi connectivity index (χ4v) is 4.05. The maximum absolute atomic E-state index is 10.3. The van der Waals surface area contributed by atoms with E-state index in [1.807, 2.05) is 12.1 Å². The molecular formula is C17H17N3O3S. The lowest BCUT2D eigenvalue weighted by Gasteiger charge is -2.44. The number of anilines is 1. The van der Waals surface area contributed by atoms with Crippen molar-refractivity contribution in [1.29, 1.82) is 5.26 Å². The second kappa shape index (κ2) is 5.69. The molecule has 0 radical (unpaired) electrons. The lowest BCUT2D eigenvalue weighted by molar-refractivity contribution is 0.455. The van der Waals surface area contributed by atoms with Crippen molar-refractivity contribution in [3.8, 4) is 17.6 Å². The zero-order valence-electron chi connectivity index (χ0n) is 12.8. The summed E-state index contributed by atoms with van der Waals surface area (Å²) in [6.07, 6.45) is 2.25. The third-order valence-corrected chi connectivity index (χ3v) is 5.64. The Morgan fingerprint density at radius 2 is 1.96 bits per heavy atom. The summed E-state index contributed by atoms with van der Waals surface area (Å²) in [5.41, 5.74) is 1.35. The Labute approximate surface area is 141 Å². The molecule has 3 N–H and O–H groups in total. The van der Waals surface area contributed by atoms with Gasteiger partial charge in [-0.3, -0.25) is 9.11 Å². The van der Waals surface area contributed by atoms with Gasteiger partial charge in [0.2, 0.25) is 0 Å². The summed E-state index contributed by atoms with van der Waals surface area (Å²) in [6, 6.07) is 14.7. The van der Waals surface area contributed by atoms with Gasteiger partial charge >= 0.3 is 0 Å². The van der Waals surface area contributed by atoms with Crippen molar-refractivity contribution in [2.75, 3.05) is 11.6 Å². The number of nitrogens with zero attached hydrogens (tertiary/aromatic N) is 2. The molecule has 2 aromatic carbocycles. The van der Waals surface area contributed by atoms with Crippen molar-refractivity contribution in [2.45, 2.75) is 23.8 Å². The standard InChI is InChI=1S/C17H17N3O3S/c18-10-12-2-1-3-14(8-12)23-15-6-7-16-17(9-15)24(21,22)19-11-20(16)13-4-5-13/h1-3,6-9,13,19,21-22H,4-5,11H2. The first-order valence-electron chi connectivity index (χ1n) is 7.68. The highest BCUT2D eigenvalue weighted by molar-refractivity contribution is 8.22. The van der Waals surface area contributed by atoms with Crippen LogP contribution in [0.2, 0.25) is 0 Å². The zero-order valence-corrected chi connectivity index (χ0v) is 13.7. The van der Waals surface area contributed by atoms with Gasteiger partial charge in [0, 0.05) is 12.1 Å². The van der Waals surface area contributed by atoms with Crippen LogP contribution < -0.4 is 14.4 Å². The Balaban J connectivity index is 1.67. The fraction of sp³-hybridized carbons (Fsp3) is 0.235. The molecule has 1 aliphatic heterocycles. The molecule has 1 fully saturated rings. The molecule has 1 aliphatic carbocycles. The second-order valence-corrected chi connectivity index (χ2v) is 7.75. The number of hydrogen-bond acceptors (Lipinski definition) is 6. The topological polar surface area (TPSA) is 88.8 Å². The molecular weight excluding hydrogens is 326 g/mol. The molecule has 7 heteroatoms. The van der Waals surface area contributed by atoms with Crippen molar-refractivity contribution in [3.63, 3.8) is 0 Å². The van der Waals surface area contributed by atoms with E-state index >= 15 is 0 Å². The van der Waals surface area contributed by atoms with Crippen LogP contribution in [0, 0.1) is 11.3 Å². The minimum absolute atomic E-state index is 0.435. The number of rotatable bonds is 3. The SMILES string of the molecule is N#Cc1cccc(Oc2ccc3c(c2)S(O)(O)NCN3C2CC2)c1. The average molecular weight is 343 g/mol. The second-order valence-electron chi connectivity index (χ2n) is 5.92. The summed E-state index contributed by atoms with van der Waals surface area (Å²) >= 11 is 0. The number of ether oxygens (including phenoxy) is 1. The van der Waals surface area contributed by atoms with Crippen LogP contribution in [0.15, 0.2) is 47.4 Å². The maximum Gasteiger partial charge on any atom is 0.129 e. The van der Waals surface area contributed by atoms with Crippen molar-refractivity contribution >= 4 is 16.5 Å². The van der Waals surface area contributed by atoms with Gasteiger partial charge in [0.15, 0.2) is 0 Å². The van der Waals surface area contributed by atoms with Gasteiger partial charge in [-0.15, -0.1) is 10.8 Å².